The zero-order chi connectivity index (χ0) is 21.0. The van der Waals surface area contributed by atoms with E-state index in [9.17, 15) is 17.7 Å². The molecule has 0 aliphatic rings. The number of benzene rings is 1. The molecule has 13 heteroatoms. The molecule has 0 saturated heterocycles. The summed E-state index contributed by atoms with van der Waals surface area (Å²) >= 11 is 0. The summed E-state index contributed by atoms with van der Waals surface area (Å²) < 4.78 is 59.5. The van der Waals surface area contributed by atoms with E-state index < -0.39 is 37.2 Å². The Kier molecular flexibility index (Phi) is 6.28. The molecule has 2 heterocycles. The van der Waals surface area contributed by atoms with Crippen LogP contribution in [0.3, 0.4) is 0 Å². The van der Waals surface area contributed by atoms with E-state index in [1.54, 1.807) is 0 Å². The number of hydrogen-bond donors (Lipinski definition) is 1. The van der Waals surface area contributed by atoms with E-state index in [1.807, 2.05) is 0 Å². The molecule has 0 radical (unpaired) electrons. The van der Waals surface area contributed by atoms with Crippen LogP contribution in [0, 0.1) is 17.5 Å². The van der Waals surface area contributed by atoms with Gasteiger partial charge in [-0.3, -0.25) is 0 Å². The van der Waals surface area contributed by atoms with E-state index in [4.69, 9.17) is 9.78 Å². The van der Waals surface area contributed by atoms with Crippen LogP contribution in [0.5, 0.6) is 0 Å². The van der Waals surface area contributed by atoms with Gasteiger partial charge in [-0.25, -0.2) is 32.8 Å². The summed E-state index contributed by atoms with van der Waals surface area (Å²) in [6.45, 7) is 1.09. The van der Waals surface area contributed by atoms with Gasteiger partial charge in [0, 0.05) is 22.1 Å². The maximum absolute atomic E-state index is 14.8. The molecule has 0 fully saturated rings. The second kappa shape index (κ2) is 8.70. The average Bonchev–Trinajstić information content (AvgIpc) is 3.18. The van der Waals surface area contributed by atoms with Crippen LogP contribution in [0.15, 0.2) is 43.4 Å². The lowest BCUT2D eigenvalue weighted by Gasteiger charge is -2.35. The highest BCUT2D eigenvalue weighted by molar-refractivity contribution is 7.31. The summed E-state index contributed by atoms with van der Waals surface area (Å²) in [5.41, 5.74) is -2.47. The van der Waals surface area contributed by atoms with Crippen molar-refractivity contribution in [2.45, 2.75) is 25.0 Å². The van der Waals surface area contributed by atoms with Crippen LogP contribution in [0.25, 0.3) is 0 Å². The summed E-state index contributed by atoms with van der Waals surface area (Å²) in [4.78, 5) is 25.5. The number of hydrogen-bond acceptors (Lipinski definition) is 7. The second-order valence-electron chi connectivity index (χ2n) is 5.98. The van der Waals surface area contributed by atoms with Crippen molar-refractivity contribution in [1.29, 1.82) is 0 Å². The van der Waals surface area contributed by atoms with Crippen LogP contribution in [-0.2, 0) is 26.3 Å². The van der Waals surface area contributed by atoms with Crippen molar-refractivity contribution in [2.75, 3.05) is 0 Å². The monoisotopic (exact) mass is 428 g/mol. The standard InChI is InChI=1S/C16H13F3N5O4P/c1-10(15-14(19)5-20-7-22-15)16(27-28-29(25)26,6-24-9-21-8-23-24)12-3-2-11(17)4-13(12)18/h2-5,7-10H,6H2,1H3/p+1/t10-,16+/m0/s1. The Balaban J connectivity index is 2.22. The molecule has 0 aliphatic carbocycles. The zero-order valence-corrected chi connectivity index (χ0v) is 15.7. The van der Waals surface area contributed by atoms with Crippen LogP contribution in [0.1, 0.15) is 24.1 Å². The number of aromatic nitrogens is 5. The highest BCUT2D eigenvalue weighted by Gasteiger charge is 2.48. The van der Waals surface area contributed by atoms with Crippen molar-refractivity contribution in [2.24, 2.45) is 0 Å². The summed E-state index contributed by atoms with van der Waals surface area (Å²) in [7, 11) is -3.28. The highest BCUT2D eigenvalue weighted by atomic mass is 31.1. The van der Waals surface area contributed by atoms with Crippen LogP contribution >= 0.6 is 8.25 Å². The fourth-order valence-corrected chi connectivity index (χ4v) is 3.14. The van der Waals surface area contributed by atoms with Gasteiger partial charge in [0.05, 0.1) is 23.1 Å². The molecule has 29 heavy (non-hydrogen) atoms. The summed E-state index contributed by atoms with van der Waals surface area (Å²) in [5, 5.41) is 3.91. The van der Waals surface area contributed by atoms with Gasteiger partial charge >= 0.3 is 8.25 Å². The van der Waals surface area contributed by atoms with Gasteiger partial charge in [0.15, 0.2) is 11.4 Å². The number of nitrogens with zero attached hydrogens (tertiary/aromatic N) is 5. The van der Waals surface area contributed by atoms with Gasteiger partial charge < -0.3 is 0 Å². The predicted octanol–water partition coefficient (Wildman–Crippen LogP) is 2.78. The van der Waals surface area contributed by atoms with Crippen molar-refractivity contribution < 1.29 is 32.2 Å². The highest BCUT2D eigenvalue weighted by Crippen LogP contribution is 2.44. The molecule has 3 aromatic rings. The maximum atomic E-state index is 14.8. The Labute approximate surface area is 163 Å². The molecule has 2 aromatic heterocycles. The summed E-state index contributed by atoms with van der Waals surface area (Å²) in [6, 6.07) is 2.61. The van der Waals surface area contributed by atoms with Gasteiger partial charge in [0.1, 0.15) is 30.6 Å². The van der Waals surface area contributed by atoms with E-state index in [-0.39, 0.29) is 17.8 Å². The molecular weight excluding hydrogens is 414 g/mol. The Bertz CT molecular complexity index is 1010. The first-order chi connectivity index (χ1) is 13.8. The lowest BCUT2D eigenvalue weighted by molar-refractivity contribution is -0.312. The quantitative estimate of drug-likeness (QED) is 0.331. The fraction of sp³-hybridized carbons (Fsp3) is 0.250. The molecule has 3 atom stereocenters. The van der Waals surface area contributed by atoms with Gasteiger partial charge in [-0.05, 0) is 6.07 Å². The molecule has 0 aliphatic heterocycles. The summed E-state index contributed by atoms with van der Waals surface area (Å²) in [5.74, 6) is -3.87. The Morgan fingerprint density at radius 2 is 2.03 bits per heavy atom. The number of halogens is 3. The average molecular weight is 428 g/mol. The molecule has 1 unspecified atom stereocenters. The van der Waals surface area contributed by atoms with E-state index >= 15 is 0 Å². The van der Waals surface area contributed by atoms with Crippen LogP contribution in [0.2, 0.25) is 0 Å². The van der Waals surface area contributed by atoms with Crippen LogP contribution in [0.4, 0.5) is 13.2 Å². The van der Waals surface area contributed by atoms with Gasteiger partial charge in [-0.15, -0.1) is 4.89 Å². The largest absolute Gasteiger partial charge is 0.726 e. The topological polar surface area (TPSA) is 112 Å². The van der Waals surface area contributed by atoms with Crippen LogP contribution < -0.4 is 0 Å². The third-order valence-corrected chi connectivity index (χ3v) is 4.51. The molecule has 0 saturated carbocycles. The Morgan fingerprint density at radius 3 is 2.66 bits per heavy atom. The molecule has 152 valence electrons. The summed E-state index contributed by atoms with van der Waals surface area (Å²) in [6.07, 6.45) is 4.42. The normalized spacial score (nSPS) is 15.0. The van der Waals surface area contributed by atoms with E-state index in [0.717, 1.165) is 24.7 Å². The molecule has 1 N–H and O–H groups in total. The molecule has 0 bridgehead atoms. The third kappa shape index (κ3) is 4.46. The molecule has 9 nitrogen and oxygen atoms in total. The first kappa shape index (κ1) is 20.9. The number of rotatable bonds is 8. The Hall–Kier alpha value is -2.79. The molecule has 3 rings (SSSR count). The van der Waals surface area contributed by atoms with Gasteiger partial charge in [-0.2, -0.15) is 9.99 Å². The fourth-order valence-electron chi connectivity index (χ4n) is 2.95. The Morgan fingerprint density at radius 1 is 1.24 bits per heavy atom. The van der Waals surface area contributed by atoms with Gasteiger partial charge in [0.25, 0.3) is 0 Å². The van der Waals surface area contributed by atoms with Crippen molar-refractivity contribution in [3.05, 3.63) is 72.1 Å². The predicted molar refractivity (Wildman–Crippen MR) is 90.5 cm³/mol. The minimum atomic E-state index is -3.28. The first-order valence-electron chi connectivity index (χ1n) is 8.09. The van der Waals surface area contributed by atoms with E-state index in [1.165, 1.54) is 24.3 Å². The van der Waals surface area contributed by atoms with Crippen molar-refractivity contribution in [3.8, 4) is 0 Å². The smallest absolute Gasteiger partial charge is 0.250 e. The van der Waals surface area contributed by atoms with Crippen molar-refractivity contribution in [3.63, 3.8) is 0 Å². The third-order valence-electron chi connectivity index (χ3n) is 4.31. The molecule has 0 amide bonds. The lowest BCUT2D eigenvalue weighted by atomic mass is 9.79. The van der Waals surface area contributed by atoms with E-state index in [2.05, 4.69) is 24.7 Å². The molecular formula is C16H14F3N5O4P+. The second-order valence-corrected chi connectivity index (χ2v) is 6.60. The van der Waals surface area contributed by atoms with E-state index in [0.29, 0.717) is 6.07 Å². The zero-order valence-electron chi connectivity index (χ0n) is 14.8. The molecule has 1 aromatic carbocycles. The minimum absolute atomic E-state index is 0.194. The van der Waals surface area contributed by atoms with Crippen molar-refractivity contribution in [1.82, 2.24) is 24.7 Å². The first-order valence-corrected chi connectivity index (χ1v) is 9.22. The van der Waals surface area contributed by atoms with Crippen LogP contribution in [-0.4, -0.2) is 29.6 Å². The minimum Gasteiger partial charge on any atom is -0.250 e. The lowest BCUT2D eigenvalue weighted by Crippen LogP contribution is -2.41. The maximum Gasteiger partial charge on any atom is 0.726 e. The van der Waals surface area contributed by atoms with Crippen molar-refractivity contribution >= 4 is 8.25 Å². The van der Waals surface area contributed by atoms with Gasteiger partial charge in [-0.1, -0.05) is 13.0 Å². The molecule has 0 spiro atoms. The van der Waals surface area contributed by atoms with Gasteiger partial charge in [0.2, 0.25) is 0 Å². The SMILES string of the molecule is C[C@@H](c1ncncc1F)[C@@](Cn1cncn1)(OO[P+](=O)O)c1ccc(F)cc1F.